The maximum Gasteiger partial charge on any atom is 0.0468 e. The first kappa shape index (κ1) is 34.7. The first-order valence-electron chi connectivity index (χ1n) is 20.6. The van der Waals surface area contributed by atoms with Crippen LogP contribution in [0.25, 0.3) is 54.9 Å². The highest BCUT2D eigenvalue weighted by Gasteiger charge is 2.22. The zero-order valence-corrected chi connectivity index (χ0v) is 32.7. The Morgan fingerprint density at radius 1 is 0.288 bits per heavy atom. The van der Waals surface area contributed by atoms with Crippen molar-refractivity contribution in [2.24, 2.45) is 0 Å². The molecule has 1 nitrogen and oxygen atoms in total. The van der Waals surface area contributed by atoms with Gasteiger partial charge in [-0.3, -0.25) is 0 Å². The van der Waals surface area contributed by atoms with Crippen molar-refractivity contribution in [2.45, 2.75) is 12.3 Å². The fourth-order valence-corrected chi connectivity index (χ4v) is 9.15. The van der Waals surface area contributed by atoms with Crippen molar-refractivity contribution in [1.82, 2.24) is 0 Å². The van der Waals surface area contributed by atoms with Gasteiger partial charge in [-0.05, 0) is 138 Å². The van der Waals surface area contributed by atoms with Crippen LogP contribution < -0.4 is 4.90 Å². The van der Waals surface area contributed by atoms with Crippen molar-refractivity contribution >= 4 is 38.6 Å². The van der Waals surface area contributed by atoms with Crippen molar-refractivity contribution in [3.63, 3.8) is 0 Å². The van der Waals surface area contributed by atoms with Gasteiger partial charge in [-0.15, -0.1) is 0 Å². The van der Waals surface area contributed by atoms with E-state index in [1.54, 1.807) is 0 Å². The smallest absolute Gasteiger partial charge is 0.0468 e. The molecule has 0 saturated heterocycles. The van der Waals surface area contributed by atoms with Gasteiger partial charge in [-0.1, -0.05) is 182 Å². The summed E-state index contributed by atoms with van der Waals surface area (Å²) >= 11 is 0. The molecule has 59 heavy (non-hydrogen) atoms. The first-order chi connectivity index (χ1) is 29.2. The lowest BCUT2D eigenvalue weighted by Gasteiger charge is -2.26. The lowest BCUT2D eigenvalue weighted by molar-refractivity contribution is 0.980. The SMILES string of the molecule is c1ccc(C(c2ccc(-c3ccc4c(c3)-c3cc(-c5ccc(N(c6ccccc6)c6ccc7ccccc7c6)cc5)ccc3C4)cc2)c2ccc3ccccc3c2)cc1. The van der Waals surface area contributed by atoms with Gasteiger partial charge in [0, 0.05) is 23.0 Å². The second-order valence-electron chi connectivity index (χ2n) is 15.7. The molecule has 0 fully saturated rings. The van der Waals surface area contributed by atoms with Crippen LogP contribution in [0.15, 0.2) is 231 Å². The number of fused-ring (bicyclic) bond motifs is 5. The maximum atomic E-state index is 2.41. The second-order valence-corrected chi connectivity index (χ2v) is 15.7. The average Bonchev–Trinajstić information content (AvgIpc) is 3.68. The summed E-state index contributed by atoms with van der Waals surface area (Å²) in [6, 6.07) is 84.7. The number of para-hydroxylation sites is 1. The van der Waals surface area contributed by atoms with E-state index in [9.17, 15) is 0 Å². The van der Waals surface area contributed by atoms with E-state index < -0.39 is 0 Å². The van der Waals surface area contributed by atoms with Crippen LogP contribution in [-0.2, 0) is 6.42 Å². The van der Waals surface area contributed by atoms with Crippen molar-refractivity contribution in [3.05, 3.63) is 258 Å². The first-order valence-corrected chi connectivity index (χ1v) is 20.6. The molecule has 0 N–H and O–H groups in total. The molecule has 0 amide bonds. The van der Waals surface area contributed by atoms with Crippen molar-refractivity contribution in [3.8, 4) is 33.4 Å². The van der Waals surface area contributed by atoms with Crippen LogP contribution in [0.3, 0.4) is 0 Å². The van der Waals surface area contributed by atoms with Gasteiger partial charge in [-0.2, -0.15) is 0 Å². The predicted molar refractivity (Wildman–Crippen MR) is 249 cm³/mol. The number of nitrogens with zero attached hydrogens (tertiary/aromatic N) is 1. The van der Waals surface area contributed by atoms with Gasteiger partial charge in [0.25, 0.3) is 0 Å². The van der Waals surface area contributed by atoms with Gasteiger partial charge in [0.2, 0.25) is 0 Å². The molecule has 11 rings (SSSR count). The summed E-state index contributed by atoms with van der Waals surface area (Å²) in [5.74, 6) is 0.148. The summed E-state index contributed by atoms with van der Waals surface area (Å²) in [6.07, 6.45) is 0.964. The van der Waals surface area contributed by atoms with Gasteiger partial charge in [0.05, 0.1) is 0 Å². The summed E-state index contributed by atoms with van der Waals surface area (Å²) in [7, 11) is 0. The lowest BCUT2D eigenvalue weighted by Crippen LogP contribution is -2.09. The Morgan fingerprint density at radius 3 is 1.36 bits per heavy atom. The average molecular weight is 752 g/mol. The Hall–Kier alpha value is -7.48. The summed E-state index contributed by atoms with van der Waals surface area (Å²) in [5, 5.41) is 5.01. The van der Waals surface area contributed by atoms with E-state index in [1.807, 2.05) is 0 Å². The number of rotatable bonds is 8. The highest BCUT2D eigenvalue weighted by molar-refractivity contribution is 5.90. The Bertz CT molecular complexity index is 2900. The Kier molecular flexibility index (Phi) is 8.71. The fourth-order valence-electron chi connectivity index (χ4n) is 9.15. The molecule has 10 aromatic rings. The van der Waals surface area contributed by atoms with Crippen LogP contribution in [0, 0.1) is 0 Å². The lowest BCUT2D eigenvalue weighted by atomic mass is 9.84. The van der Waals surface area contributed by atoms with Crippen LogP contribution in [0.1, 0.15) is 33.7 Å². The van der Waals surface area contributed by atoms with Crippen LogP contribution in [0.5, 0.6) is 0 Å². The van der Waals surface area contributed by atoms with E-state index in [0.717, 1.165) is 23.5 Å². The molecule has 1 aliphatic carbocycles. The highest BCUT2D eigenvalue weighted by atomic mass is 15.1. The van der Waals surface area contributed by atoms with Crippen molar-refractivity contribution in [1.29, 1.82) is 0 Å². The largest absolute Gasteiger partial charge is 0.310 e. The molecule has 0 bridgehead atoms. The molecule has 0 heterocycles. The molecule has 0 aromatic heterocycles. The van der Waals surface area contributed by atoms with E-state index in [0.29, 0.717) is 0 Å². The molecule has 0 radical (unpaired) electrons. The van der Waals surface area contributed by atoms with Crippen molar-refractivity contribution in [2.75, 3.05) is 4.90 Å². The van der Waals surface area contributed by atoms with Crippen LogP contribution in [0.2, 0.25) is 0 Å². The molecule has 1 heteroatoms. The molecule has 1 atom stereocenters. The van der Waals surface area contributed by atoms with Gasteiger partial charge in [-0.25, -0.2) is 0 Å². The molecular weight excluding hydrogens is 711 g/mol. The van der Waals surface area contributed by atoms with E-state index >= 15 is 0 Å². The second kappa shape index (κ2) is 14.8. The van der Waals surface area contributed by atoms with Gasteiger partial charge in [0.15, 0.2) is 0 Å². The predicted octanol–water partition coefficient (Wildman–Crippen LogP) is 15.5. The highest BCUT2D eigenvalue weighted by Crippen LogP contribution is 2.43. The number of hydrogen-bond donors (Lipinski definition) is 0. The normalized spacial score (nSPS) is 12.3. The standard InChI is InChI=1S/C58H41N/c1-3-13-44(14-4-1)58(52-28-21-40-11-7-9-15-46(40)35-52)45-22-19-42(20-23-45)48-24-26-50-36-51-27-25-49(39-57(51)56(50)38-48)43-29-32-54(33-30-43)59(53-17-5-2-6-18-53)55-34-31-41-12-8-10-16-47(41)37-55/h1-35,37-39,58H,36H2. The quantitative estimate of drug-likeness (QED) is 0.140. The third-order valence-corrected chi connectivity index (χ3v) is 12.2. The van der Waals surface area contributed by atoms with E-state index in [-0.39, 0.29) is 5.92 Å². The summed E-state index contributed by atoms with van der Waals surface area (Å²) in [5.41, 5.74) is 17.7. The van der Waals surface area contributed by atoms with Gasteiger partial charge >= 0.3 is 0 Å². The monoisotopic (exact) mass is 751 g/mol. The van der Waals surface area contributed by atoms with Gasteiger partial charge < -0.3 is 4.90 Å². The minimum atomic E-state index is 0.148. The van der Waals surface area contributed by atoms with Crippen LogP contribution in [-0.4, -0.2) is 0 Å². The number of hydrogen-bond acceptors (Lipinski definition) is 1. The van der Waals surface area contributed by atoms with Crippen molar-refractivity contribution < 1.29 is 0 Å². The molecular formula is C58H41N. The van der Waals surface area contributed by atoms with Crippen LogP contribution >= 0.6 is 0 Å². The summed E-state index contributed by atoms with van der Waals surface area (Å²) < 4.78 is 0. The molecule has 1 unspecified atom stereocenters. The third-order valence-electron chi connectivity index (χ3n) is 12.2. The molecule has 0 saturated carbocycles. The number of anilines is 3. The van der Waals surface area contributed by atoms with Crippen LogP contribution in [0.4, 0.5) is 17.1 Å². The molecule has 10 aromatic carbocycles. The molecule has 0 spiro atoms. The van der Waals surface area contributed by atoms with E-state index in [1.165, 1.54) is 82.7 Å². The minimum absolute atomic E-state index is 0.148. The maximum absolute atomic E-state index is 2.41. The zero-order chi connectivity index (χ0) is 39.1. The topological polar surface area (TPSA) is 3.24 Å². The Labute approximate surface area is 346 Å². The fraction of sp³-hybridized carbons (Fsp3) is 0.0345. The summed E-state index contributed by atoms with van der Waals surface area (Å²) in [4.78, 5) is 2.34. The number of benzene rings is 10. The molecule has 278 valence electrons. The Morgan fingerprint density at radius 2 is 0.729 bits per heavy atom. The molecule has 1 aliphatic rings. The Balaban J connectivity index is 0.894. The van der Waals surface area contributed by atoms with Gasteiger partial charge in [0.1, 0.15) is 0 Å². The zero-order valence-electron chi connectivity index (χ0n) is 32.7. The van der Waals surface area contributed by atoms with E-state index in [4.69, 9.17) is 0 Å². The summed E-state index contributed by atoms with van der Waals surface area (Å²) in [6.45, 7) is 0. The van der Waals surface area contributed by atoms with E-state index in [2.05, 4.69) is 235 Å². The third kappa shape index (κ3) is 6.57. The minimum Gasteiger partial charge on any atom is -0.310 e. The molecule has 0 aliphatic heterocycles.